The molecule has 1 amide bonds. The van der Waals surface area contributed by atoms with Crippen molar-refractivity contribution >= 4 is 27.5 Å². The van der Waals surface area contributed by atoms with E-state index in [0.29, 0.717) is 12.1 Å². The van der Waals surface area contributed by atoms with Crippen molar-refractivity contribution in [1.29, 1.82) is 5.26 Å². The number of nitrogens with one attached hydrogen (secondary N) is 1. The van der Waals surface area contributed by atoms with Gasteiger partial charge in [0.05, 0.1) is 12.5 Å². The average Bonchev–Trinajstić information content (AvgIpc) is 2.83. The maximum Gasteiger partial charge on any atom is 0.272 e. The molecule has 1 aromatic carbocycles. The molecule has 0 saturated heterocycles. The molecule has 0 atom stereocenters. The lowest BCUT2D eigenvalue weighted by Gasteiger charge is -2.09. The fourth-order valence-corrected chi connectivity index (χ4v) is 2.55. The quantitative estimate of drug-likeness (QED) is 0.890. The highest BCUT2D eigenvalue weighted by Gasteiger charge is 2.12. The first-order valence-electron chi connectivity index (χ1n) is 6.77. The molecule has 1 N–H and O–H groups in total. The van der Waals surface area contributed by atoms with Gasteiger partial charge in [-0.25, -0.2) is 0 Å². The van der Waals surface area contributed by atoms with E-state index in [1.165, 1.54) is 0 Å². The van der Waals surface area contributed by atoms with E-state index in [4.69, 9.17) is 5.26 Å². The molecule has 4 nitrogen and oxygen atoms in total. The van der Waals surface area contributed by atoms with E-state index in [1.54, 1.807) is 0 Å². The van der Waals surface area contributed by atoms with Crippen LogP contribution in [0.2, 0.25) is 0 Å². The number of nitriles is 1. The monoisotopic (exact) mass is 345 g/mol. The minimum absolute atomic E-state index is 0.137. The van der Waals surface area contributed by atoms with Crippen molar-refractivity contribution in [3.8, 4) is 6.07 Å². The number of anilines is 1. The number of carbonyl (C=O) groups excluding carboxylic acids is 1. The smallest absolute Gasteiger partial charge is 0.272 e. The van der Waals surface area contributed by atoms with Gasteiger partial charge in [-0.3, -0.25) is 4.79 Å². The van der Waals surface area contributed by atoms with Crippen molar-refractivity contribution in [3.05, 3.63) is 52.3 Å². The summed E-state index contributed by atoms with van der Waals surface area (Å²) in [7, 11) is 0. The van der Waals surface area contributed by atoms with Crippen LogP contribution >= 0.6 is 15.9 Å². The van der Waals surface area contributed by atoms with Gasteiger partial charge < -0.3 is 9.88 Å². The molecule has 2 rings (SSSR count). The molecule has 1 heterocycles. The van der Waals surface area contributed by atoms with E-state index in [1.807, 2.05) is 41.1 Å². The zero-order chi connectivity index (χ0) is 15.2. The number of hydrogen-bond acceptors (Lipinski definition) is 2. The number of aromatic nitrogens is 1. The zero-order valence-corrected chi connectivity index (χ0v) is 13.4. The Morgan fingerprint density at radius 1 is 1.38 bits per heavy atom. The maximum atomic E-state index is 12.3. The van der Waals surface area contributed by atoms with E-state index in [-0.39, 0.29) is 5.91 Å². The van der Waals surface area contributed by atoms with Crippen molar-refractivity contribution in [2.45, 2.75) is 26.3 Å². The number of amides is 1. The molecule has 0 radical (unpaired) electrons. The molecule has 0 bridgehead atoms. The summed E-state index contributed by atoms with van der Waals surface area (Å²) in [4.78, 5) is 12.3. The van der Waals surface area contributed by atoms with Crippen molar-refractivity contribution in [3.63, 3.8) is 0 Å². The van der Waals surface area contributed by atoms with E-state index in [0.717, 1.165) is 28.7 Å². The molecule has 0 aliphatic rings. The lowest BCUT2D eigenvalue weighted by atomic mass is 10.1. The third-order valence-electron chi connectivity index (χ3n) is 3.06. The van der Waals surface area contributed by atoms with Gasteiger partial charge in [-0.15, -0.1) is 0 Å². The van der Waals surface area contributed by atoms with E-state index in [9.17, 15) is 4.79 Å². The Kier molecular flexibility index (Phi) is 5.18. The Labute approximate surface area is 132 Å². The Morgan fingerprint density at radius 3 is 2.71 bits per heavy atom. The fraction of sp³-hybridized carbons (Fsp3) is 0.250. The number of carbonyl (C=O) groups is 1. The van der Waals surface area contributed by atoms with Gasteiger partial charge in [0, 0.05) is 22.9 Å². The summed E-state index contributed by atoms with van der Waals surface area (Å²) in [6.07, 6.45) is 3.25. The second-order valence-corrected chi connectivity index (χ2v) is 5.64. The second kappa shape index (κ2) is 7.09. The SMILES string of the molecule is CCCn1cc(Br)cc1C(=O)Nc1ccc(CC#N)cc1. The lowest BCUT2D eigenvalue weighted by molar-refractivity contribution is 0.101. The van der Waals surface area contributed by atoms with Gasteiger partial charge in [-0.2, -0.15) is 5.26 Å². The molecule has 0 aliphatic heterocycles. The summed E-state index contributed by atoms with van der Waals surface area (Å²) in [5.74, 6) is -0.137. The number of halogens is 1. The Bertz CT molecular complexity index is 668. The molecule has 0 unspecified atom stereocenters. The second-order valence-electron chi connectivity index (χ2n) is 4.72. The molecule has 108 valence electrons. The molecule has 0 saturated carbocycles. The van der Waals surface area contributed by atoms with E-state index < -0.39 is 0 Å². The maximum absolute atomic E-state index is 12.3. The summed E-state index contributed by atoms with van der Waals surface area (Å²) < 4.78 is 2.83. The van der Waals surface area contributed by atoms with Crippen LogP contribution < -0.4 is 5.32 Å². The number of hydrogen-bond donors (Lipinski definition) is 1. The van der Waals surface area contributed by atoms with Crippen molar-refractivity contribution in [1.82, 2.24) is 4.57 Å². The van der Waals surface area contributed by atoms with Gasteiger partial charge in [-0.1, -0.05) is 19.1 Å². The van der Waals surface area contributed by atoms with E-state index >= 15 is 0 Å². The number of aryl methyl sites for hydroxylation is 1. The standard InChI is InChI=1S/C16H16BrN3O/c1-2-9-20-11-13(17)10-15(20)16(21)19-14-5-3-12(4-6-14)7-8-18/h3-6,10-11H,2,7,9H2,1H3,(H,19,21). The first kappa shape index (κ1) is 15.3. The third kappa shape index (κ3) is 3.96. The van der Waals surface area contributed by atoms with Crippen molar-refractivity contribution in [2.75, 3.05) is 5.32 Å². The first-order chi connectivity index (χ1) is 10.1. The van der Waals surface area contributed by atoms with Crippen LogP contribution in [-0.2, 0) is 13.0 Å². The summed E-state index contributed by atoms with van der Waals surface area (Å²) in [5.41, 5.74) is 2.29. The van der Waals surface area contributed by atoms with Crippen molar-refractivity contribution in [2.24, 2.45) is 0 Å². The summed E-state index contributed by atoms with van der Waals surface area (Å²) in [6.45, 7) is 2.87. The van der Waals surface area contributed by atoms with Gasteiger partial charge in [0.1, 0.15) is 5.69 Å². The molecular weight excluding hydrogens is 330 g/mol. The Balaban J connectivity index is 2.12. The third-order valence-corrected chi connectivity index (χ3v) is 3.49. The number of rotatable bonds is 5. The minimum Gasteiger partial charge on any atom is -0.342 e. The predicted octanol–water partition coefficient (Wildman–Crippen LogP) is 3.98. The molecule has 5 heteroatoms. The van der Waals surface area contributed by atoms with Gasteiger partial charge in [0.2, 0.25) is 0 Å². The molecule has 21 heavy (non-hydrogen) atoms. The molecule has 0 spiro atoms. The average molecular weight is 346 g/mol. The Morgan fingerprint density at radius 2 is 2.10 bits per heavy atom. The van der Waals surface area contributed by atoms with E-state index in [2.05, 4.69) is 34.2 Å². The molecule has 0 fully saturated rings. The fourth-order valence-electron chi connectivity index (χ4n) is 2.08. The highest BCUT2D eigenvalue weighted by atomic mass is 79.9. The topological polar surface area (TPSA) is 57.8 Å². The molecular formula is C16H16BrN3O. The van der Waals surface area contributed by atoms with Crippen LogP contribution in [0.1, 0.15) is 29.4 Å². The van der Waals surface area contributed by atoms with Crippen LogP contribution in [-0.4, -0.2) is 10.5 Å². The van der Waals surface area contributed by atoms with Gasteiger partial charge in [-0.05, 0) is 46.1 Å². The lowest BCUT2D eigenvalue weighted by Crippen LogP contribution is -2.16. The molecule has 1 aromatic heterocycles. The molecule has 0 aliphatic carbocycles. The highest BCUT2D eigenvalue weighted by Crippen LogP contribution is 2.18. The Hall–Kier alpha value is -2.06. The van der Waals surface area contributed by atoms with Crippen LogP contribution in [0.15, 0.2) is 41.0 Å². The largest absolute Gasteiger partial charge is 0.342 e. The first-order valence-corrected chi connectivity index (χ1v) is 7.56. The molecule has 2 aromatic rings. The highest BCUT2D eigenvalue weighted by molar-refractivity contribution is 9.10. The van der Waals surface area contributed by atoms with Crippen LogP contribution in [0.4, 0.5) is 5.69 Å². The van der Waals surface area contributed by atoms with Gasteiger partial charge in [0.15, 0.2) is 0 Å². The summed E-state index contributed by atoms with van der Waals surface area (Å²) in [5, 5.41) is 11.5. The van der Waals surface area contributed by atoms with Gasteiger partial charge >= 0.3 is 0 Å². The van der Waals surface area contributed by atoms with Crippen molar-refractivity contribution < 1.29 is 4.79 Å². The van der Waals surface area contributed by atoms with Gasteiger partial charge in [0.25, 0.3) is 5.91 Å². The number of nitrogens with zero attached hydrogens (tertiary/aromatic N) is 2. The minimum atomic E-state index is -0.137. The van der Waals surface area contributed by atoms with Crippen LogP contribution in [0, 0.1) is 11.3 Å². The van der Waals surface area contributed by atoms with Crippen LogP contribution in [0.5, 0.6) is 0 Å². The number of benzene rings is 1. The predicted molar refractivity (Wildman–Crippen MR) is 86.1 cm³/mol. The van der Waals surface area contributed by atoms with Crippen LogP contribution in [0.3, 0.4) is 0 Å². The summed E-state index contributed by atoms with van der Waals surface area (Å²) in [6, 6.07) is 11.2. The summed E-state index contributed by atoms with van der Waals surface area (Å²) >= 11 is 3.40. The van der Waals surface area contributed by atoms with Crippen LogP contribution in [0.25, 0.3) is 0 Å². The normalized spacial score (nSPS) is 10.1. The zero-order valence-electron chi connectivity index (χ0n) is 11.8.